The number of hydrogen-bond donors (Lipinski definition) is 2. The van der Waals surface area contributed by atoms with Crippen molar-refractivity contribution in [1.29, 1.82) is 0 Å². The monoisotopic (exact) mass is 263 g/mol. The fourth-order valence-electron chi connectivity index (χ4n) is 2.04. The minimum atomic E-state index is -0.440. The SMILES string of the molecule is CC(CN(C)C)NC(=O)[C@@H](N)CCc1ccccc1. The number of amides is 1. The number of likely N-dealkylation sites (N-methyl/N-ethyl adjacent to an activating group) is 1. The second-order valence-corrected chi connectivity index (χ2v) is 5.30. The van der Waals surface area contributed by atoms with E-state index in [1.165, 1.54) is 5.56 Å². The Hall–Kier alpha value is -1.39. The summed E-state index contributed by atoms with van der Waals surface area (Å²) in [6, 6.07) is 9.77. The second kappa shape index (κ2) is 7.92. The molecule has 19 heavy (non-hydrogen) atoms. The van der Waals surface area contributed by atoms with Gasteiger partial charge in [-0.3, -0.25) is 4.79 Å². The first-order valence-electron chi connectivity index (χ1n) is 6.73. The molecule has 0 fully saturated rings. The zero-order chi connectivity index (χ0) is 14.3. The van der Waals surface area contributed by atoms with Gasteiger partial charge in [-0.05, 0) is 39.4 Å². The van der Waals surface area contributed by atoms with Crippen molar-refractivity contribution < 1.29 is 4.79 Å². The van der Waals surface area contributed by atoms with Crippen LogP contribution in [0.4, 0.5) is 0 Å². The minimum Gasteiger partial charge on any atom is -0.351 e. The summed E-state index contributed by atoms with van der Waals surface area (Å²) in [5.41, 5.74) is 7.13. The van der Waals surface area contributed by atoms with Crippen LogP contribution in [-0.4, -0.2) is 43.5 Å². The van der Waals surface area contributed by atoms with Crippen LogP contribution in [0.15, 0.2) is 30.3 Å². The van der Waals surface area contributed by atoms with Gasteiger partial charge in [-0.2, -0.15) is 0 Å². The number of aryl methyl sites for hydroxylation is 1. The lowest BCUT2D eigenvalue weighted by molar-refractivity contribution is -0.123. The number of benzene rings is 1. The summed E-state index contributed by atoms with van der Waals surface area (Å²) in [6.45, 7) is 2.80. The lowest BCUT2D eigenvalue weighted by Gasteiger charge is -2.20. The van der Waals surface area contributed by atoms with Crippen LogP contribution in [0, 0.1) is 0 Å². The van der Waals surface area contributed by atoms with E-state index in [4.69, 9.17) is 5.73 Å². The summed E-state index contributed by atoms with van der Waals surface area (Å²) in [5.74, 6) is -0.0646. The predicted octanol–water partition coefficient (Wildman–Crippen LogP) is 1.01. The van der Waals surface area contributed by atoms with Gasteiger partial charge in [0.05, 0.1) is 6.04 Å². The molecular weight excluding hydrogens is 238 g/mol. The second-order valence-electron chi connectivity index (χ2n) is 5.30. The van der Waals surface area contributed by atoms with Gasteiger partial charge in [0.1, 0.15) is 0 Å². The summed E-state index contributed by atoms with van der Waals surface area (Å²) < 4.78 is 0. The van der Waals surface area contributed by atoms with E-state index in [-0.39, 0.29) is 11.9 Å². The van der Waals surface area contributed by atoms with Gasteiger partial charge < -0.3 is 16.0 Å². The molecule has 4 heteroatoms. The Morgan fingerprint density at radius 1 is 1.32 bits per heavy atom. The van der Waals surface area contributed by atoms with E-state index in [2.05, 4.69) is 17.4 Å². The molecule has 1 rings (SSSR count). The number of carbonyl (C=O) groups is 1. The molecule has 0 saturated carbocycles. The molecule has 0 bridgehead atoms. The van der Waals surface area contributed by atoms with Crippen LogP contribution >= 0.6 is 0 Å². The number of nitrogens with one attached hydrogen (secondary N) is 1. The Morgan fingerprint density at radius 2 is 1.95 bits per heavy atom. The van der Waals surface area contributed by atoms with Crippen molar-refractivity contribution in [3.63, 3.8) is 0 Å². The first-order valence-corrected chi connectivity index (χ1v) is 6.73. The molecule has 0 spiro atoms. The molecule has 1 aromatic rings. The molecule has 0 aliphatic heterocycles. The molecule has 0 radical (unpaired) electrons. The summed E-state index contributed by atoms with van der Waals surface area (Å²) in [4.78, 5) is 13.9. The number of nitrogens with two attached hydrogens (primary N) is 1. The third-order valence-electron chi connectivity index (χ3n) is 2.95. The maximum absolute atomic E-state index is 11.9. The lowest BCUT2D eigenvalue weighted by Crippen LogP contribution is -2.47. The normalized spacial score (nSPS) is 14.2. The maximum Gasteiger partial charge on any atom is 0.237 e. The first kappa shape index (κ1) is 15.7. The molecule has 4 nitrogen and oxygen atoms in total. The number of nitrogens with zero attached hydrogens (tertiary/aromatic N) is 1. The van der Waals surface area contributed by atoms with Gasteiger partial charge in [-0.1, -0.05) is 30.3 Å². The average molecular weight is 263 g/mol. The molecule has 0 aromatic heterocycles. The van der Waals surface area contributed by atoms with Crippen LogP contribution < -0.4 is 11.1 Å². The van der Waals surface area contributed by atoms with Crippen molar-refractivity contribution >= 4 is 5.91 Å². The third-order valence-corrected chi connectivity index (χ3v) is 2.95. The zero-order valence-corrected chi connectivity index (χ0v) is 12.1. The summed E-state index contributed by atoms with van der Waals surface area (Å²) in [6.07, 6.45) is 1.50. The van der Waals surface area contributed by atoms with E-state index in [1.807, 2.05) is 44.1 Å². The quantitative estimate of drug-likeness (QED) is 0.772. The smallest absolute Gasteiger partial charge is 0.237 e. The Kier molecular flexibility index (Phi) is 6.53. The van der Waals surface area contributed by atoms with Gasteiger partial charge >= 0.3 is 0 Å². The first-order chi connectivity index (χ1) is 8.99. The van der Waals surface area contributed by atoms with E-state index in [1.54, 1.807) is 0 Å². The standard InChI is InChI=1S/C15H25N3O/c1-12(11-18(2)3)17-15(19)14(16)10-9-13-7-5-4-6-8-13/h4-8,12,14H,9-11,16H2,1-3H3,(H,17,19)/t12?,14-/m0/s1. The van der Waals surface area contributed by atoms with Gasteiger partial charge in [-0.25, -0.2) is 0 Å². The highest BCUT2D eigenvalue weighted by atomic mass is 16.2. The van der Waals surface area contributed by atoms with Crippen molar-refractivity contribution in [2.75, 3.05) is 20.6 Å². The Bertz CT molecular complexity index is 378. The van der Waals surface area contributed by atoms with Crippen LogP contribution in [0.1, 0.15) is 18.9 Å². The molecular formula is C15H25N3O. The predicted molar refractivity (Wildman–Crippen MR) is 78.9 cm³/mol. The van der Waals surface area contributed by atoms with Crippen LogP contribution in [0.2, 0.25) is 0 Å². The fourth-order valence-corrected chi connectivity index (χ4v) is 2.04. The maximum atomic E-state index is 11.9. The van der Waals surface area contributed by atoms with Crippen molar-refractivity contribution in [2.24, 2.45) is 5.73 Å². The molecule has 2 atom stereocenters. The topological polar surface area (TPSA) is 58.4 Å². The Balaban J connectivity index is 2.32. The van der Waals surface area contributed by atoms with Crippen LogP contribution in [-0.2, 0) is 11.2 Å². The molecule has 0 heterocycles. The van der Waals surface area contributed by atoms with Crippen LogP contribution in [0.25, 0.3) is 0 Å². The van der Waals surface area contributed by atoms with E-state index >= 15 is 0 Å². The zero-order valence-electron chi connectivity index (χ0n) is 12.1. The summed E-state index contributed by atoms with van der Waals surface area (Å²) in [5, 5.41) is 2.94. The molecule has 1 amide bonds. The molecule has 106 valence electrons. The van der Waals surface area contributed by atoms with E-state index in [0.717, 1.165) is 13.0 Å². The molecule has 1 aromatic carbocycles. The van der Waals surface area contributed by atoms with Crippen molar-refractivity contribution in [2.45, 2.75) is 31.8 Å². The average Bonchev–Trinajstić information content (AvgIpc) is 2.36. The molecule has 0 saturated heterocycles. The van der Waals surface area contributed by atoms with Crippen LogP contribution in [0.3, 0.4) is 0 Å². The largest absolute Gasteiger partial charge is 0.351 e. The van der Waals surface area contributed by atoms with E-state index in [0.29, 0.717) is 6.42 Å². The van der Waals surface area contributed by atoms with Gasteiger partial charge in [0.15, 0.2) is 0 Å². The Morgan fingerprint density at radius 3 is 2.53 bits per heavy atom. The summed E-state index contributed by atoms with van der Waals surface area (Å²) >= 11 is 0. The molecule has 0 aliphatic rings. The molecule has 1 unspecified atom stereocenters. The highest BCUT2D eigenvalue weighted by molar-refractivity contribution is 5.81. The number of carbonyl (C=O) groups excluding carboxylic acids is 1. The third kappa shape index (κ3) is 6.36. The van der Waals surface area contributed by atoms with Crippen molar-refractivity contribution in [3.05, 3.63) is 35.9 Å². The Labute approximate surface area is 116 Å². The highest BCUT2D eigenvalue weighted by Gasteiger charge is 2.15. The van der Waals surface area contributed by atoms with E-state index in [9.17, 15) is 4.79 Å². The minimum absolute atomic E-state index is 0.0646. The molecule has 0 aliphatic carbocycles. The number of hydrogen-bond acceptors (Lipinski definition) is 3. The lowest BCUT2D eigenvalue weighted by atomic mass is 10.1. The van der Waals surface area contributed by atoms with Gasteiger partial charge in [0.2, 0.25) is 5.91 Å². The van der Waals surface area contributed by atoms with E-state index < -0.39 is 6.04 Å². The van der Waals surface area contributed by atoms with Crippen LogP contribution in [0.5, 0.6) is 0 Å². The number of rotatable bonds is 7. The highest BCUT2D eigenvalue weighted by Crippen LogP contribution is 2.04. The van der Waals surface area contributed by atoms with Gasteiger partial charge in [-0.15, -0.1) is 0 Å². The van der Waals surface area contributed by atoms with Gasteiger partial charge in [0.25, 0.3) is 0 Å². The molecule has 3 N–H and O–H groups in total. The summed E-state index contributed by atoms with van der Waals surface area (Å²) in [7, 11) is 3.97. The van der Waals surface area contributed by atoms with Crippen molar-refractivity contribution in [3.8, 4) is 0 Å². The van der Waals surface area contributed by atoms with Gasteiger partial charge in [0, 0.05) is 12.6 Å². The van der Waals surface area contributed by atoms with Crippen molar-refractivity contribution in [1.82, 2.24) is 10.2 Å². The fraction of sp³-hybridized carbons (Fsp3) is 0.533.